The molecule has 1 aromatic heterocycles. The van der Waals surface area contributed by atoms with E-state index in [2.05, 4.69) is 32.8 Å². The molecule has 0 spiro atoms. The fraction of sp³-hybridized carbons (Fsp3) is 0.583. The average molecular weight is 315 g/mol. The first-order valence-electron chi connectivity index (χ1n) is 5.90. The van der Waals surface area contributed by atoms with Crippen LogP contribution >= 0.6 is 15.9 Å². The molecule has 0 radical (unpaired) electrons. The van der Waals surface area contributed by atoms with Crippen LogP contribution in [0.4, 0.5) is 5.82 Å². The van der Waals surface area contributed by atoms with E-state index in [0.29, 0.717) is 12.4 Å². The predicted octanol–water partition coefficient (Wildman–Crippen LogP) is 1.85. The molecule has 100 valence electrons. The Morgan fingerprint density at radius 3 is 2.56 bits per heavy atom. The van der Waals surface area contributed by atoms with E-state index in [1.54, 1.807) is 19.0 Å². The van der Waals surface area contributed by atoms with Gasteiger partial charge in [0.25, 0.3) is 0 Å². The van der Waals surface area contributed by atoms with Gasteiger partial charge in [-0.1, -0.05) is 6.92 Å². The van der Waals surface area contributed by atoms with Crippen LogP contribution in [0.15, 0.2) is 10.7 Å². The van der Waals surface area contributed by atoms with Crippen molar-refractivity contribution in [1.29, 1.82) is 0 Å². The highest BCUT2D eigenvalue weighted by atomic mass is 79.9. The highest BCUT2D eigenvalue weighted by Crippen LogP contribution is 2.16. The highest BCUT2D eigenvalue weighted by Gasteiger charge is 2.14. The maximum atomic E-state index is 11.8. The summed E-state index contributed by atoms with van der Waals surface area (Å²) in [6, 6.07) is 1.84. The topological polar surface area (TPSA) is 49.3 Å². The number of aryl methyl sites for hydroxylation is 1. The molecular formula is C12H19BrN4O. The second-order valence-electron chi connectivity index (χ2n) is 4.31. The lowest BCUT2D eigenvalue weighted by Crippen LogP contribution is -2.37. The standard InChI is InChI=1S/C12H19BrN4O/c1-5-6-17(8-12(18)16(3)4)11-7-10(13)14-9(2)15-11/h7H,5-6,8H2,1-4H3. The van der Waals surface area contributed by atoms with E-state index in [-0.39, 0.29) is 5.91 Å². The van der Waals surface area contributed by atoms with Crippen LogP contribution in [-0.2, 0) is 4.79 Å². The molecule has 6 heteroatoms. The van der Waals surface area contributed by atoms with Crippen LogP contribution < -0.4 is 4.90 Å². The normalized spacial score (nSPS) is 10.3. The number of hydrogen-bond acceptors (Lipinski definition) is 4. The van der Waals surface area contributed by atoms with Gasteiger partial charge in [-0.15, -0.1) is 0 Å². The SMILES string of the molecule is CCCN(CC(=O)N(C)C)c1cc(Br)nc(C)n1. The number of halogens is 1. The van der Waals surface area contributed by atoms with E-state index in [4.69, 9.17) is 0 Å². The van der Waals surface area contributed by atoms with Crippen molar-refractivity contribution in [3.05, 3.63) is 16.5 Å². The molecule has 0 aromatic carbocycles. The predicted molar refractivity (Wildman–Crippen MR) is 75.7 cm³/mol. The van der Waals surface area contributed by atoms with Crippen LogP contribution in [0.2, 0.25) is 0 Å². The Labute approximate surface area is 116 Å². The third kappa shape index (κ3) is 4.25. The van der Waals surface area contributed by atoms with Crippen LogP contribution in [0.25, 0.3) is 0 Å². The van der Waals surface area contributed by atoms with E-state index >= 15 is 0 Å². The van der Waals surface area contributed by atoms with Crippen molar-refractivity contribution in [3.8, 4) is 0 Å². The average Bonchev–Trinajstić information content (AvgIpc) is 2.26. The lowest BCUT2D eigenvalue weighted by Gasteiger charge is -2.24. The largest absolute Gasteiger partial charge is 0.347 e. The van der Waals surface area contributed by atoms with Crippen LogP contribution in [0.5, 0.6) is 0 Å². The molecule has 5 nitrogen and oxygen atoms in total. The molecule has 0 aliphatic carbocycles. The molecule has 1 heterocycles. The van der Waals surface area contributed by atoms with Crippen molar-refractivity contribution in [2.75, 3.05) is 32.1 Å². The summed E-state index contributed by atoms with van der Waals surface area (Å²) in [6.07, 6.45) is 0.960. The Morgan fingerprint density at radius 2 is 2.06 bits per heavy atom. The summed E-state index contributed by atoms with van der Waals surface area (Å²) in [7, 11) is 3.52. The minimum atomic E-state index is 0.0656. The molecule has 1 aromatic rings. The van der Waals surface area contributed by atoms with Gasteiger partial charge in [-0.05, 0) is 29.3 Å². The second-order valence-corrected chi connectivity index (χ2v) is 5.12. The Balaban J connectivity index is 2.93. The molecule has 1 rings (SSSR count). The Hall–Kier alpha value is -1.17. The molecule has 0 saturated heterocycles. The molecule has 0 atom stereocenters. The first-order chi connectivity index (χ1) is 8.43. The Morgan fingerprint density at radius 1 is 1.39 bits per heavy atom. The van der Waals surface area contributed by atoms with Crippen molar-refractivity contribution >= 4 is 27.7 Å². The van der Waals surface area contributed by atoms with Crippen molar-refractivity contribution in [2.24, 2.45) is 0 Å². The summed E-state index contributed by atoms with van der Waals surface area (Å²) < 4.78 is 0.739. The number of carbonyl (C=O) groups excluding carboxylic acids is 1. The van der Waals surface area contributed by atoms with Gasteiger partial charge < -0.3 is 9.80 Å². The van der Waals surface area contributed by atoms with E-state index in [0.717, 1.165) is 23.4 Å². The van der Waals surface area contributed by atoms with Crippen molar-refractivity contribution in [2.45, 2.75) is 20.3 Å². The number of hydrogen-bond donors (Lipinski definition) is 0. The number of rotatable bonds is 5. The zero-order valence-electron chi connectivity index (χ0n) is 11.3. The van der Waals surface area contributed by atoms with Gasteiger partial charge in [0.1, 0.15) is 16.2 Å². The van der Waals surface area contributed by atoms with E-state index < -0.39 is 0 Å². The van der Waals surface area contributed by atoms with Crippen LogP contribution in [0.1, 0.15) is 19.2 Å². The van der Waals surface area contributed by atoms with Gasteiger partial charge in [-0.3, -0.25) is 4.79 Å². The number of aromatic nitrogens is 2. The molecule has 0 N–H and O–H groups in total. The van der Waals surface area contributed by atoms with Crippen LogP contribution in [0.3, 0.4) is 0 Å². The summed E-state index contributed by atoms with van der Waals surface area (Å²) in [5.41, 5.74) is 0. The number of amides is 1. The molecule has 0 fully saturated rings. The van der Waals surface area contributed by atoms with Crippen molar-refractivity contribution in [1.82, 2.24) is 14.9 Å². The zero-order chi connectivity index (χ0) is 13.7. The zero-order valence-corrected chi connectivity index (χ0v) is 12.9. The van der Waals surface area contributed by atoms with Gasteiger partial charge >= 0.3 is 0 Å². The fourth-order valence-electron chi connectivity index (χ4n) is 1.53. The van der Waals surface area contributed by atoms with Gasteiger partial charge in [0.2, 0.25) is 5.91 Å². The third-order valence-corrected chi connectivity index (χ3v) is 2.84. The molecule has 0 saturated carbocycles. The van der Waals surface area contributed by atoms with Gasteiger partial charge in [-0.25, -0.2) is 9.97 Å². The smallest absolute Gasteiger partial charge is 0.241 e. The Kier molecular flexibility index (Phi) is 5.53. The first kappa shape index (κ1) is 14.9. The molecule has 1 amide bonds. The van der Waals surface area contributed by atoms with Gasteiger partial charge in [0, 0.05) is 26.7 Å². The van der Waals surface area contributed by atoms with Crippen molar-refractivity contribution < 1.29 is 4.79 Å². The van der Waals surface area contributed by atoms with Gasteiger partial charge in [0.15, 0.2) is 0 Å². The minimum absolute atomic E-state index is 0.0656. The summed E-state index contributed by atoms with van der Waals surface area (Å²) in [5.74, 6) is 1.54. The molecule has 0 aliphatic rings. The lowest BCUT2D eigenvalue weighted by atomic mass is 10.3. The minimum Gasteiger partial charge on any atom is -0.347 e. The molecule has 0 aliphatic heterocycles. The van der Waals surface area contributed by atoms with Gasteiger partial charge in [-0.2, -0.15) is 0 Å². The quantitative estimate of drug-likeness (QED) is 0.778. The highest BCUT2D eigenvalue weighted by molar-refractivity contribution is 9.10. The summed E-state index contributed by atoms with van der Waals surface area (Å²) in [4.78, 5) is 23.9. The van der Waals surface area contributed by atoms with Crippen LogP contribution in [0, 0.1) is 6.92 Å². The lowest BCUT2D eigenvalue weighted by molar-refractivity contribution is -0.127. The fourth-order valence-corrected chi connectivity index (χ4v) is 1.99. The van der Waals surface area contributed by atoms with Crippen LogP contribution in [-0.4, -0.2) is 48.0 Å². The van der Waals surface area contributed by atoms with Gasteiger partial charge in [0.05, 0.1) is 6.54 Å². The summed E-state index contributed by atoms with van der Waals surface area (Å²) in [5, 5.41) is 0. The maximum Gasteiger partial charge on any atom is 0.241 e. The number of likely N-dealkylation sites (N-methyl/N-ethyl adjacent to an activating group) is 1. The van der Waals surface area contributed by atoms with E-state index in [9.17, 15) is 4.79 Å². The third-order valence-electron chi connectivity index (χ3n) is 2.44. The molecule has 0 unspecified atom stereocenters. The second kappa shape index (κ2) is 6.68. The Bertz CT molecular complexity index is 402. The molecular weight excluding hydrogens is 296 g/mol. The maximum absolute atomic E-state index is 11.8. The van der Waals surface area contributed by atoms with E-state index in [1.807, 2.05) is 17.9 Å². The molecule has 0 bridgehead atoms. The van der Waals surface area contributed by atoms with Crippen molar-refractivity contribution in [3.63, 3.8) is 0 Å². The number of carbonyl (C=O) groups is 1. The summed E-state index contributed by atoms with van der Waals surface area (Å²) >= 11 is 3.35. The monoisotopic (exact) mass is 314 g/mol. The first-order valence-corrected chi connectivity index (χ1v) is 6.69. The molecule has 18 heavy (non-hydrogen) atoms. The number of anilines is 1. The summed E-state index contributed by atoms with van der Waals surface area (Å²) in [6.45, 7) is 5.05. The number of nitrogens with zero attached hydrogens (tertiary/aromatic N) is 4. The van der Waals surface area contributed by atoms with E-state index in [1.165, 1.54) is 0 Å².